The van der Waals surface area contributed by atoms with Crippen LogP contribution in [0.1, 0.15) is 0 Å². The third-order valence-corrected chi connectivity index (χ3v) is 2.86. The van der Waals surface area contributed by atoms with Gasteiger partial charge in [-0.25, -0.2) is 9.97 Å². The summed E-state index contributed by atoms with van der Waals surface area (Å²) in [4.78, 5) is 7.76. The van der Waals surface area contributed by atoms with Crippen LogP contribution in [0, 0.1) is 0 Å². The minimum absolute atomic E-state index is 0.161. The maximum absolute atomic E-state index is 5.69. The highest BCUT2D eigenvalue weighted by atomic mass is 35.5. The Morgan fingerprint density at radius 1 is 1.53 bits per heavy atom. The number of nitrogen functional groups attached to an aromatic ring is 1. The molecule has 0 aromatic carbocycles. The van der Waals surface area contributed by atoms with Crippen LogP contribution in [0.5, 0.6) is 0 Å². The fourth-order valence-electron chi connectivity index (χ4n) is 0.888. The second-order valence-corrected chi connectivity index (χ2v) is 4.02. The molecule has 0 aliphatic carbocycles. The Kier molecular flexibility index (Phi) is 2.74. The van der Waals surface area contributed by atoms with E-state index in [4.69, 9.17) is 17.3 Å². The number of nitrogens with zero attached hydrogens (tertiary/aromatic N) is 5. The number of halogens is 1. The number of aromatic nitrogens is 5. The lowest BCUT2D eigenvalue weighted by molar-refractivity contribution is 0.787. The summed E-state index contributed by atoms with van der Waals surface area (Å²) in [5.41, 5.74) is 6.16. The van der Waals surface area contributed by atoms with Crippen LogP contribution in [0.25, 0.3) is 0 Å². The number of rotatable bonds is 2. The molecular formula is C7H7ClN6S. The zero-order valence-corrected chi connectivity index (χ0v) is 9.33. The zero-order chi connectivity index (χ0) is 10.8. The first-order valence-electron chi connectivity index (χ1n) is 3.96. The monoisotopic (exact) mass is 242 g/mol. The maximum Gasteiger partial charge on any atom is 0.223 e. The van der Waals surface area contributed by atoms with Crippen LogP contribution in [0.2, 0.25) is 5.28 Å². The predicted octanol–water partition coefficient (Wildman–Crippen LogP) is 0.992. The van der Waals surface area contributed by atoms with Crippen molar-refractivity contribution in [3.05, 3.63) is 17.8 Å². The van der Waals surface area contributed by atoms with Gasteiger partial charge in [0.2, 0.25) is 5.28 Å². The van der Waals surface area contributed by atoms with Crippen molar-refractivity contribution in [1.82, 2.24) is 24.7 Å². The van der Waals surface area contributed by atoms with Crippen molar-refractivity contribution < 1.29 is 0 Å². The second kappa shape index (κ2) is 4.03. The average molecular weight is 243 g/mol. The van der Waals surface area contributed by atoms with Crippen LogP contribution >= 0.6 is 23.4 Å². The molecule has 6 nitrogen and oxygen atoms in total. The molecule has 0 fully saturated rings. The number of hydrogen-bond acceptors (Lipinski definition) is 6. The molecule has 0 radical (unpaired) electrons. The summed E-state index contributed by atoms with van der Waals surface area (Å²) in [6.07, 6.45) is 3.06. The van der Waals surface area contributed by atoms with Gasteiger partial charge in [-0.15, -0.1) is 10.2 Å². The SMILES string of the molecule is Cn1cnnc1Sc1nc(Cl)ncc1N. The summed E-state index contributed by atoms with van der Waals surface area (Å²) >= 11 is 6.95. The number of hydrogen-bond donors (Lipinski definition) is 1. The van der Waals surface area contributed by atoms with Gasteiger partial charge >= 0.3 is 0 Å². The Hall–Kier alpha value is -1.34. The molecule has 2 aromatic heterocycles. The summed E-state index contributed by atoms with van der Waals surface area (Å²) in [6.45, 7) is 0. The standard InChI is InChI=1S/C7H7ClN6S/c1-14-3-11-13-7(14)15-5-4(9)2-10-6(8)12-5/h2-3H,9H2,1H3. The topological polar surface area (TPSA) is 82.5 Å². The van der Waals surface area contributed by atoms with Crippen LogP contribution in [0.15, 0.2) is 22.7 Å². The molecular weight excluding hydrogens is 236 g/mol. The van der Waals surface area contributed by atoms with Crippen LogP contribution in [-0.2, 0) is 7.05 Å². The molecule has 0 saturated heterocycles. The lowest BCUT2D eigenvalue weighted by Crippen LogP contribution is -1.96. The Morgan fingerprint density at radius 2 is 2.33 bits per heavy atom. The Labute approximate surface area is 94.9 Å². The summed E-state index contributed by atoms with van der Waals surface area (Å²) in [5.74, 6) is 0. The van der Waals surface area contributed by atoms with Gasteiger partial charge in [-0.1, -0.05) is 0 Å². The normalized spacial score (nSPS) is 10.5. The van der Waals surface area contributed by atoms with E-state index in [1.165, 1.54) is 18.0 Å². The highest BCUT2D eigenvalue weighted by Crippen LogP contribution is 2.28. The Morgan fingerprint density at radius 3 is 3.00 bits per heavy atom. The first kappa shape index (κ1) is 10.2. The van der Waals surface area contributed by atoms with Crippen LogP contribution in [0.3, 0.4) is 0 Å². The lowest BCUT2D eigenvalue weighted by Gasteiger charge is -2.02. The fraction of sp³-hybridized carbons (Fsp3) is 0.143. The summed E-state index contributed by atoms with van der Waals surface area (Å²) in [7, 11) is 1.83. The molecule has 2 aromatic rings. The number of aryl methyl sites for hydroxylation is 1. The minimum Gasteiger partial charge on any atom is -0.395 e. The molecule has 2 heterocycles. The first-order valence-corrected chi connectivity index (χ1v) is 5.16. The molecule has 0 amide bonds. The maximum atomic E-state index is 5.69. The molecule has 0 saturated carbocycles. The van der Waals surface area contributed by atoms with Gasteiger partial charge < -0.3 is 10.3 Å². The fourth-order valence-corrected chi connectivity index (χ4v) is 1.83. The number of anilines is 1. The van der Waals surface area contributed by atoms with Crippen molar-refractivity contribution in [2.45, 2.75) is 10.2 Å². The minimum atomic E-state index is 0.161. The van der Waals surface area contributed by atoms with Gasteiger partial charge in [0.05, 0.1) is 11.9 Å². The quantitative estimate of drug-likeness (QED) is 0.625. The average Bonchev–Trinajstić information content (AvgIpc) is 2.58. The van der Waals surface area contributed by atoms with Crippen molar-refractivity contribution in [1.29, 1.82) is 0 Å². The molecule has 8 heteroatoms. The van der Waals surface area contributed by atoms with Crippen LogP contribution in [-0.4, -0.2) is 24.7 Å². The van der Waals surface area contributed by atoms with Gasteiger partial charge in [0, 0.05) is 7.05 Å². The van der Waals surface area contributed by atoms with E-state index in [0.29, 0.717) is 15.9 Å². The molecule has 0 unspecified atom stereocenters. The number of nitrogens with two attached hydrogens (primary N) is 1. The van der Waals surface area contributed by atoms with Crippen molar-refractivity contribution in [3.8, 4) is 0 Å². The first-order chi connectivity index (χ1) is 7.16. The third-order valence-electron chi connectivity index (χ3n) is 1.61. The lowest BCUT2D eigenvalue weighted by atomic mass is 10.6. The van der Waals surface area contributed by atoms with Gasteiger partial charge in [-0.2, -0.15) is 0 Å². The van der Waals surface area contributed by atoms with Crippen molar-refractivity contribution in [2.75, 3.05) is 5.73 Å². The van der Waals surface area contributed by atoms with Crippen molar-refractivity contribution >= 4 is 29.1 Å². The molecule has 0 aliphatic heterocycles. The molecule has 0 spiro atoms. The van der Waals surface area contributed by atoms with Crippen molar-refractivity contribution in [2.24, 2.45) is 7.05 Å². The molecule has 15 heavy (non-hydrogen) atoms. The van der Waals surface area contributed by atoms with Crippen LogP contribution in [0.4, 0.5) is 5.69 Å². The van der Waals surface area contributed by atoms with Gasteiger partial charge in [0.25, 0.3) is 0 Å². The van der Waals surface area contributed by atoms with E-state index < -0.39 is 0 Å². The second-order valence-electron chi connectivity index (χ2n) is 2.73. The summed E-state index contributed by atoms with van der Waals surface area (Å²) < 4.78 is 1.76. The van der Waals surface area contributed by atoms with Gasteiger partial charge in [-0.3, -0.25) is 0 Å². The molecule has 78 valence electrons. The summed E-state index contributed by atoms with van der Waals surface area (Å²) in [5, 5.41) is 9.07. The van der Waals surface area contributed by atoms with E-state index in [9.17, 15) is 0 Å². The molecule has 0 aliphatic rings. The molecule has 0 bridgehead atoms. The van der Waals surface area contributed by atoms with E-state index in [-0.39, 0.29) is 5.28 Å². The van der Waals surface area contributed by atoms with E-state index in [1.54, 1.807) is 10.9 Å². The van der Waals surface area contributed by atoms with Crippen LogP contribution < -0.4 is 5.73 Å². The Bertz CT molecular complexity index is 484. The molecule has 0 atom stereocenters. The van der Waals surface area contributed by atoms with E-state index in [1.807, 2.05) is 7.05 Å². The molecule has 2 N–H and O–H groups in total. The van der Waals surface area contributed by atoms with E-state index >= 15 is 0 Å². The molecule has 2 rings (SSSR count). The third kappa shape index (κ3) is 2.18. The highest BCUT2D eigenvalue weighted by molar-refractivity contribution is 7.99. The van der Waals surface area contributed by atoms with Gasteiger partial charge in [0.1, 0.15) is 11.4 Å². The highest BCUT2D eigenvalue weighted by Gasteiger charge is 2.09. The smallest absolute Gasteiger partial charge is 0.223 e. The zero-order valence-electron chi connectivity index (χ0n) is 7.75. The van der Waals surface area contributed by atoms with Gasteiger partial charge in [0.15, 0.2) is 5.16 Å². The summed E-state index contributed by atoms with van der Waals surface area (Å²) in [6, 6.07) is 0. The van der Waals surface area contributed by atoms with Crippen molar-refractivity contribution in [3.63, 3.8) is 0 Å². The largest absolute Gasteiger partial charge is 0.395 e. The van der Waals surface area contributed by atoms with E-state index in [2.05, 4.69) is 20.2 Å². The predicted molar refractivity (Wildman–Crippen MR) is 56.6 cm³/mol. The van der Waals surface area contributed by atoms with Gasteiger partial charge in [-0.05, 0) is 23.4 Å². The van der Waals surface area contributed by atoms with E-state index in [0.717, 1.165) is 0 Å². The Balaban J connectivity index is 2.32.